The minimum Gasteiger partial charge on any atom is -0.326 e. The normalized spacial score (nSPS) is 25.3. The molecule has 0 spiro atoms. The maximum atomic E-state index is 6.30. The molecule has 2 atom stereocenters. The highest BCUT2D eigenvalue weighted by Crippen LogP contribution is 2.33. The Morgan fingerprint density at radius 3 is 2.56 bits per heavy atom. The lowest BCUT2D eigenvalue weighted by Gasteiger charge is -2.40. The standard InChI is InChI=1S/C14H20Cl2N2/c1-2-5-18-6-3-4-13(17)14(18)10-7-11(15)9-12(16)8-10/h7-9,13-14H,2-6,17H2,1H3. The number of nitrogens with two attached hydrogens (primary N) is 1. The first-order valence-corrected chi connectivity index (χ1v) is 7.33. The lowest BCUT2D eigenvalue weighted by Crippen LogP contribution is -2.46. The third kappa shape index (κ3) is 3.18. The van der Waals surface area contributed by atoms with Gasteiger partial charge in [0, 0.05) is 22.1 Å². The third-order valence-electron chi connectivity index (χ3n) is 3.52. The highest BCUT2D eigenvalue weighted by molar-refractivity contribution is 6.34. The van der Waals surface area contributed by atoms with Crippen LogP contribution in [0, 0.1) is 0 Å². The van der Waals surface area contributed by atoms with Crippen LogP contribution in [-0.4, -0.2) is 24.0 Å². The maximum absolute atomic E-state index is 6.30. The van der Waals surface area contributed by atoms with Gasteiger partial charge in [-0.2, -0.15) is 0 Å². The Balaban J connectivity index is 2.30. The number of halogens is 2. The second kappa shape index (κ2) is 6.25. The van der Waals surface area contributed by atoms with Crippen LogP contribution in [0.4, 0.5) is 0 Å². The molecule has 0 saturated carbocycles. The topological polar surface area (TPSA) is 29.3 Å². The Bertz CT molecular complexity index is 387. The predicted octanol–water partition coefficient (Wildman–Crippen LogP) is 3.87. The smallest absolute Gasteiger partial charge is 0.0500 e. The minimum absolute atomic E-state index is 0.167. The zero-order valence-corrected chi connectivity index (χ0v) is 12.2. The van der Waals surface area contributed by atoms with E-state index in [1.54, 1.807) is 6.07 Å². The molecule has 1 saturated heterocycles. The van der Waals surface area contributed by atoms with Gasteiger partial charge in [-0.25, -0.2) is 0 Å². The first kappa shape index (κ1) is 14.1. The van der Waals surface area contributed by atoms with Crippen molar-refractivity contribution in [2.45, 2.75) is 38.3 Å². The molecular formula is C14H20Cl2N2. The third-order valence-corrected chi connectivity index (χ3v) is 3.96. The van der Waals surface area contributed by atoms with Crippen molar-refractivity contribution in [2.24, 2.45) is 5.73 Å². The summed E-state index contributed by atoms with van der Waals surface area (Å²) in [6.45, 7) is 4.38. The summed E-state index contributed by atoms with van der Waals surface area (Å²) in [5.41, 5.74) is 7.45. The van der Waals surface area contributed by atoms with Crippen LogP contribution in [0.3, 0.4) is 0 Å². The van der Waals surface area contributed by atoms with Crippen molar-refractivity contribution in [3.8, 4) is 0 Å². The molecule has 2 nitrogen and oxygen atoms in total. The molecule has 1 aromatic rings. The number of hydrogen-bond donors (Lipinski definition) is 1. The van der Waals surface area contributed by atoms with E-state index in [1.807, 2.05) is 12.1 Å². The van der Waals surface area contributed by atoms with Crippen molar-refractivity contribution in [1.29, 1.82) is 0 Å². The second-order valence-corrected chi connectivity index (χ2v) is 5.86. The van der Waals surface area contributed by atoms with E-state index in [0.29, 0.717) is 10.0 Å². The van der Waals surface area contributed by atoms with Crippen LogP contribution >= 0.6 is 23.2 Å². The largest absolute Gasteiger partial charge is 0.326 e. The van der Waals surface area contributed by atoms with Gasteiger partial charge in [-0.1, -0.05) is 30.1 Å². The molecule has 2 N–H and O–H groups in total. The summed E-state index contributed by atoms with van der Waals surface area (Å²) >= 11 is 12.2. The molecule has 0 aliphatic carbocycles. The van der Waals surface area contributed by atoms with E-state index in [9.17, 15) is 0 Å². The Hall–Kier alpha value is -0.280. The van der Waals surface area contributed by atoms with Gasteiger partial charge in [0.05, 0.1) is 0 Å². The molecule has 2 unspecified atom stereocenters. The van der Waals surface area contributed by atoms with E-state index in [1.165, 1.54) is 6.42 Å². The molecule has 0 aromatic heterocycles. The van der Waals surface area contributed by atoms with Gasteiger partial charge in [0.25, 0.3) is 0 Å². The first-order chi connectivity index (χ1) is 8.61. The molecule has 4 heteroatoms. The van der Waals surface area contributed by atoms with Crippen molar-refractivity contribution < 1.29 is 0 Å². The van der Waals surface area contributed by atoms with Crippen LogP contribution in [0.25, 0.3) is 0 Å². The average molecular weight is 287 g/mol. The molecule has 0 bridgehead atoms. The first-order valence-electron chi connectivity index (χ1n) is 6.57. The van der Waals surface area contributed by atoms with Gasteiger partial charge >= 0.3 is 0 Å². The van der Waals surface area contributed by atoms with E-state index in [4.69, 9.17) is 28.9 Å². The number of rotatable bonds is 3. The second-order valence-electron chi connectivity index (χ2n) is 4.99. The zero-order valence-electron chi connectivity index (χ0n) is 10.7. The lowest BCUT2D eigenvalue weighted by molar-refractivity contribution is 0.128. The molecule has 100 valence electrons. The summed E-state index contributed by atoms with van der Waals surface area (Å²) < 4.78 is 0. The predicted molar refractivity (Wildman–Crippen MR) is 78.3 cm³/mol. The van der Waals surface area contributed by atoms with E-state index in [2.05, 4.69) is 11.8 Å². The Kier molecular flexibility index (Phi) is 4.91. The zero-order chi connectivity index (χ0) is 13.1. The summed E-state index contributed by atoms with van der Waals surface area (Å²) in [4.78, 5) is 2.45. The summed E-state index contributed by atoms with van der Waals surface area (Å²) in [6.07, 6.45) is 3.37. The average Bonchev–Trinajstić information content (AvgIpc) is 2.28. The molecular weight excluding hydrogens is 267 g/mol. The number of benzene rings is 1. The number of hydrogen-bond acceptors (Lipinski definition) is 2. The van der Waals surface area contributed by atoms with Gasteiger partial charge in [0.15, 0.2) is 0 Å². The summed E-state index contributed by atoms with van der Waals surface area (Å²) in [7, 11) is 0. The van der Waals surface area contributed by atoms with E-state index >= 15 is 0 Å². The molecule has 2 rings (SSSR count). The highest BCUT2D eigenvalue weighted by Gasteiger charge is 2.30. The van der Waals surface area contributed by atoms with Crippen LogP contribution in [0.1, 0.15) is 37.8 Å². The van der Waals surface area contributed by atoms with Gasteiger partial charge in [-0.15, -0.1) is 0 Å². The van der Waals surface area contributed by atoms with E-state index < -0.39 is 0 Å². The van der Waals surface area contributed by atoms with Crippen LogP contribution in [0.2, 0.25) is 10.0 Å². The summed E-state index contributed by atoms with van der Waals surface area (Å²) in [6, 6.07) is 6.16. The fourth-order valence-corrected chi connectivity index (χ4v) is 3.38. The van der Waals surface area contributed by atoms with Crippen LogP contribution in [-0.2, 0) is 0 Å². The van der Waals surface area contributed by atoms with Gasteiger partial charge < -0.3 is 5.73 Å². The number of nitrogens with zero attached hydrogens (tertiary/aromatic N) is 1. The van der Waals surface area contributed by atoms with Crippen molar-refractivity contribution in [1.82, 2.24) is 4.90 Å². The van der Waals surface area contributed by atoms with Crippen LogP contribution < -0.4 is 5.73 Å². The highest BCUT2D eigenvalue weighted by atomic mass is 35.5. The Labute approximate surface area is 119 Å². The van der Waals surface area contributed by atoms with Crippen molar-refractivity contribution in [3.63, 3.8) is 0 Å². The monoisotopic (exact) mass is 286 g/mol. The minimum atomic E-state index is 0.167. The molecule has 1 heterocycles. The molecule has 1 aromatic carbocycles. The molecule has 1 fully saturated rings. The van der Waals surface area contributed by atoms with Gasteiger partial charge in [0.2, 0.25) is 0 Å². The van der Waals surface area contributed by atoms with Crippen LogP contribution in [0.5, 0.6) is 0 Å². The molecule has 1 aliphatic rings. The summed E-state index contributed by atoms with van der Waals surface area (Å²) in [5.74, 6) is 0. The Morgan fingerprint density at radius 2 is 1.94 bits per heavy atom. The van der Waals surface area contributed by atoms with Crippen molar-refractivity contribution in [3.05, 3.63) is 33.8 Å². The fourth-order valence-electron chi connectivity index (χ4n) is 2.84. The van der Waals surface area contributed by atoms with Crippen LogP contribution in [0.15, 0.2) is 18.2 Å². The molecule has 0 amide bonds. The molecule has 1 aliphatic heterocycles. The lowest BCUT2D eigenvalue weighted by atomic mass is 9.91. The van der Waals surface area contributed by atoms with Gasteiger partial charge in [0.1, 0.15) is 0 Å². The number of piperidine rings is 1. The van der Waals surface area contributed by atoms with Gasteiger partial charge in [-0.3, -0.25) is 4.90 Å². The molecule has 18 heavy (non-hydrogen) atoms. The Morgan fingerprint density at radius 1 is 1.28 bits per heavy atom. The fraction of sp³-hybridized carbons (Fsp3) is 0.571. The van der Waals surface area contributed by atoms with Gasteiger partial charge in [-0.05, 0) is 56.1 Å². The van der Waals surface area contributed by atoms with E-state index in [-0.39, 0.29) is 12.1 Å². The SMILES string of the molecule is CCCN1CCCC(N)C1c1cc(Cl)cc(Cl)c1. The van der Waals surface area contributed by atoms with E-state index in [0.717, 1.165) is 31.5 Å². The maximum Gasteiger partial charge on any atom is 0.0500 e. The number of likely N-dealkylation sites (tertiary alicyclic amines) is 1. The van der Waals surface area contributed by atoms with Crippen molar-refractivity contribution in [2.75, 3.05) is 13.1 Å². The summed E-state index contributed by atoms with van der Waals surface area (Å²) in [5, 5.41) is 1.37. The quantitative estimate of drug-likeness (QED) is 0.914. The molecule has 0 radical (unpaired) electrons. The van der Waals surface area contributed by atoms with Crippen molar-refractivity contribution >= 4 is 23.2 Å².